The van der Waals surface area contributed by atoms with Crippen molar-refractivity contribution in [1.82, 2.24) is 9.13 Å². The maximum atomic E-state index is 12.6. The van der Waals surface area contributed by atoms with Gasteiger partial charge >= 0.3 is 11.3 Å². The van der Waals surface area contributed by atoms with Crippen LogP contribution in [0.15, 0.2) is 49.3 Å². The molecule has 0 saturated heterocycles. The molecule has 0 aliphatic rings. The van der Waals surface area contributed by atoms with E-state index in [9.17, 15) is 19.2 Å². The lowest BCUT2D eigenvalue weighted by Crippen LogP contribution is -2.41. The molecule has 1 aromatic carbocycles. The number of fused-ring (bicyclic) bond motifs is 1. The molecule has 1 N–H and O–H groups in total. The molecule has 0 radical (unpaired) electrons. The van der Waals surface area contributed by atoms with E-state index in [1.165, 1.54) is 29.8 Å². The molecule has 0 aliphatic carbocycles. The Kier molecular flexibility index (Phi) is 4.96. The van der Waals surface area contributed by atoms with Crippen LogP contribution < -0.4 is 22.2 Å². The fourth-order valence-corrected chi connectivity index (χ4v) is 2.91. The molecule has 1 amide bonds. The summed E-state index contributed by atoms with van der Waals surface area (Å²) >= 11 is 0. The topological polar surface area (TPSA) is 127 Å². The van der Waals surface area contributed by atoms with Gasteiger partial charge in [-0.1, -0.05) is 0 Å². The van der Waals surface area contributed by atoms with Crippen molar-refractivity contribution in [3.63, 3.8) is 0 Å². The normalized spacial score (nSPS) is 10.6. The third-order valence-electron chi connectivity index (χ3n) is 4.18. The Labute approximate surface area is 158 Å². The minimum atomic E-state index is -0.728. The number of hydrogen-bond donors (Lipinski definition) is 1. The zero-order valence-corrected chi connectivity index (χ0v) is 15.2. The number of benzene rings is 1. The summed E-state index contributed by atoms with van der Waals surface area (Å²) in [5.41, 5.74) is -1.11. The molecule has 0 aliphatic heterocycles. The number of carbonyl (C=O) groups excluding carboxylic acids is 1. The van der Waals surface area contributed by atoms with Crippen LogP contribution >= 0.6 is 0 Å². The predicted molar refractivity (Wildman–Crippen MR) is 101 cm³/mol. The van der Waals surface area contributed by atoms with Crippen molar-refractivity contribution in [2.24, 2.45) is 0 Å². The van der Waals surface area contributed by atoms with Gasteiger partial charge in [-0.25, -0.2) is 9.59 Å². The van der Waals surface area contributed by atoms with E-state index >= 15 is 0 Å². The van der Waals surface area contributed by atoms with Crippen LogP contribution in [0.2, 0.25) is 0 Å². The van der Waals surface area contributed by atoms with E-state index in [1.54, 1.807) is 25.1 Å². The first kappa shape index (κ1) is 18.8. The first-order valence-electron chi connectivity index (χ1n) is 8.42. The number of anilines is 1. The highest BCUT2D eigenvalue weighted by molar-refractivity contribution is 5.92. The van der Waals surface area contributed by atoms with Gasteiger partial charge in [-0.2, -0.15) is 5.26 Å². The first-order valence-corrected chi connectivity index (χ1v) is 8.42. The molecule has 3 rings (SSSR count). The van der Waals surface area contributed by atoms with E-state index < -0.39 is 16.9 Å². The van der Waals surface area contributed by atoms with E-state index in [2.05, 4.69) is 5.32 Å². The average Bonchev–Trinajstić information content (AvgIpc) is 2.64. The Balaban J connectivity index is 2.20. The molecule has 142 valence electrons. The van der Waals surface area contributed by atoms with Crippen LogP contribution in [0.4, 0.5) is 5.69 Å². The van der Waals surface area contributed by atoms with Gasteiger partial charge in [0.2, 0.25) is 5.91 Å². The molecule has 9 heteroatoms. The number of nitrogens with zero attached hydrogens (tertiary/aromatic N) is 3. The van der Waals surface area contributed by atoms with E-state index in [4.69, 9.17) is 9.68 Å². The lowest BCUT2D eigenvalue weighted by Gasteiger charge is -2.11. The molecule has 0 spiro atoms. The molecular formula is C19H16N4O5. The van der Waals surface area contributed by atoms with Crippen LogP contribution in [0, 0.1) is 11.3 Å². The van der Waals surface area contributed by atoms with Gasteiger partial charge in [0.1, 0.15) is 17.2 Å². The van der Waals surface area contributed by atoms with Crippen molar-refractivity contribution < 1.29 is 9.21 Å². The zero-order chi connectivity index (χ0) is 20.4. The molecule has 3 aromatic rings. The quantitative estimate of drug-likeness (QED) is 0.673. The monoisotopic (exact) mass is 380 g/mol. The van der Waals surface area contributed by atoms with Gasteiger partial charge in [0.25, 0.3) is 5.56 Å². The van der Waals surface area contributed by atoms with Gasteiger partial charge in [-0.3, -0.25) is 18.7 Å². The number of aryl methyl sites for hydroxylation is 1. The van der Waals surface area contributed by atoms with E-state index in [0.717, 1.165) is 4.57 Å². The molecule has 9 nitrogen and oxygen atoms in total. The van der Waals surface area contributed by atoms with Crippen molar-refractivity contribution in [1.29, 1.82) is 5.26 Å². The second-order valence-electron chi connectivity index (χ2n) is 6.10. The number of nitriles is 1. The van der Waals surface area contributed by atoms with Crippen LogP contribution in [-0.4, -0.2) is 15.0 Å². The zero-order valence-electron chi connectivity index (χ0n) is 15.2. The average molecular weight is 380 g/mol. The predicted octanol–water partition coefficient (Wildman–Crippen LogP) is 1.01. The summed E-state index contributed by atoms with van der Waals surface area (Å²) in [5, 5.41) is 12.3. The summed E-state index contributed by atoms with van der Waals surface area (Å²) in [6.07, 6.45) is 1.22. The molecule has 2 heterocycles. The van der Waals surface area contributed by atoms with Gasteiger partial charge in [0.15, 0.2) is 0 Å². The van der Waals surface area contributed by atoms with Gasteiger partial charge in [0, 0.05) is 42.9 Å². The first-order chi connectivity index (χ1) is 13.3. The Hall–Kier alpha value is -3.93. The highest BCUT2D eigenvalue weighted by Crippen LogP contribution is 2.21. The van der Waals surface area contributed by atoms with E-state index in [0.29, 0.717) is 16.6 Å². The Morgan fingerprint density at radius 3 is 2.64 bits per heavy atom. The molecule has 0 atom stereocenters. The number of nitrogens with one attached hydrogen (secondary N) is 1. The molecule has 0 fully saturated rings. The van der Waals surface area contributed by atoms with Crippen molar-refractivity contribution in [3.05, 3.63) is 72.8 Å². The molecule has 0 saturated carbocycles. The number of carbonyl (C=O) groups is 1. The van der Waals surface area contributed by atoms with Gasteiger partial charge < -0.3 is 9.73 Å². The Morgan fingerprint density at radius 1 is 1.25 bits per heavy atom. The van der Waals surface area contributed by atoms with Crippen molar-refractivity contribution in [2.45, 2.75) is 26.9 Å². The van der Waals surface area contributed by atoms with Crippen LogP contribution in [-0.2, 0) is 17.9 Å². The number of rotatable bonds is 4. The third-order valence-corrected chi connectivity index (χ3v) is 4.18. The van der Waals surface area contributed by atoms with Gasteiger partial charge in [-0.15, -0.1) is 0 Å². The summed E-state index contributed by atoms with van der Waals surface area (Å²) in [6.45, 7) is 3.15. The lowest BCUT2D eigenvalue weighted by molar-refractivity contribution is -0.114. The Morgan fingerprint density at radius 2 is 2.00 bits per heavy atom. The number of amides is 1. The van der Waals surface area contributed by atoms with Gasteiger partial charge in [0.05, 0.1) is 6.54 Å². The van der Waals surface area contributed by atoms with Gasteiger partial charge in [-0.05, 0) is 24.6 Å². The molecule has 0 bridgehead atoms. The summed E-state index contributed by atoms with van der Waals surface area (Å²) in [7, 11) is 0. The largest absolute Gasteiger partial charge is 0.423 e. The second kappa shape index (κ2) is 7.36. The molecular weight excluding hydrogens is 364 g/mol. The summed E-state index contributed by atoms with van der Waals surface area (Å²) in [5.74, 6) is -0.280. The smallest absolute Gasteiger partial charge is 0.336 e. The third kappa shape index (κ3) is 3.48. The minimum absolute atomic E-state index is 0.165. The van der Waals surface area contributed by atoms with Crippen LogP contribution in [0.25, 0.3) is 11.0 Å². The molecule has 28 heavy (non-hydrogen) atoms. The fraction of sp³-hybridized carbons (Fsp3) is 0.211. The molecule has 0 unspecified atom stereocenters. The summed E-state index contributed by atoms with van der Waals surface area (Å²) in [6, 6.07) is 7.71. The number of aromatic nitrogens is 2. The van der Waals surface area contributed by atoms with E-state index in [-0.39, 0.29) is 30.1 Å². The lowest BCUT2D eigenvalue weighted by atomic mass is 10.1. The summed E-state index contributed by atoms with van der Waals surface area (Å²) in [4.78, 5) is 48.2. The van der Waals surface area contributed by atoms with Crippen molar-refractivity contribution in [2.75, 3.05) is 5.32 Å². The van der Waals surface area contributed by atoms with Crippen LogP contribution in [0.5, 0.6) is 0 Å². The highest BCUT2D eigenvalue weighted by atomic mass is 16.4. The summed E-state index contributed by atoms with van der Waals surface area (Å²) < 4.78 is 7.35. The second-order valence-corrected chi connectivity index (χ2v) is 6.10. The maximum absolute atomic E-state index is 12.6. The number of hydrogen-bond acceptors (Lipinski definition) is 6. The SMILES string of the molecule is CCn1cc(C#N)c(=O)n(Cc2cc(=O)oc3cc(NC(C)=O)ccc23)c1=O. The van der Waals surface area contributed by atoms with Crippen molar-refractivity contribution in [3.8, 4) is 6.07 Å². The van der Waals surface area contributed by atoms with Crippen molar-refractivity contribution >= 4 is 22.6 Å². The standard InChI is InChI=1S/C19H16N4O5/c1-3-22-9-13(8-20)18(26)23(19(22)27)10-12-6-17(25)28-16-7-14(21-11(2)24)4-5-15(12)16/h4-7,9H,3,10H2,1-2H3,(H,21,24). The highest BCUT2D eigenvalue weighted by Gasteiger charge is 2.14. The fourth-order valence-electron chi connectivity index (χ4n) is 2.91. The Bertz CT molecular complexity index is 1310. The molecule has 2 aromatic heterocycles. The van der Waals surface area contributed by atoms with E-state index in [1.807, 2.05) is 0 Å². The van der Waals surface area contributed by atoms with Crippen LogP contribution in [0.3, 0.4) is 0 Å². The minimum Gasteiger partial charge on any atom is -0.423 e. The maximum Gasteiger partial charge on any atom is 0.336 e. The van der Waals surface area contributed by atoms with Crippen LogP contribution in [0.1, 0.15) is 25.0 Å².